The maximum atomic E-state index is 13.6. The van der Waals surface area contributed by atoms with E-state index in [-0.39, 0.29) is 68.1 Å². The van der Waals surface area contributed by atoms with Gasteiger partial charge in [-0.3, -0.25) is 9.59 Å². The quantitative estimate of drug-likeness (QED) is 0.0671. The molecule has 50 heavy (non-hydrogen) atoms. The second-order valence-corrected chi connectivity index (χ2v) is 12.2. The number of rotatable bonds is 9. The number of Topliss-reactive ketones (excluding diaryl/α,β-unsaturated/α-hetero) is 2. The number of ether oxygens (including phenoxy) is 2. The van der Waals surface area contributed by atoms with E-state index in [2.05, 4.69) is 0 Å². The highest BCUT2D eigenvalue weighted by Crippen LogP contribution is 2.51. The summed E-state index contributed by atoms with van der Waals surface area (Å²) in [4.78, 5) is 27.2. The predicted molar refractivity (Wildman–Crippen MR) is 188 cm³/mol. The Hall–Kier alpha value is -6.42. The summed E-state index contributed by atoms with van der Waals surface area (Å²) in [6.07, 6.45) is -0.226. The van der Waals surface area contributed by atoms with Gasteiger partial charge in [0, 0.05) is 45.5 Å². The van der Waals surface area contributed by atoms with E-state index in [4.69, 9.17) is 9.47 Å². The first-order valence-corrected chi connectivity index (χ1v) is 15.6. The largest absolute Gasteiger partial charge is 0.507 e. The number of fused-ring (bicyclic) bond motifs is 2. The molecule has 0 saturated heterocycles. The molecule has 254 valence electrons. The van der Waals surface area contributed by atoms with Crippen LogP contribution in [0.3, 0.4) is 0 Å². The molecule has 0 fully saturated rings. The summed E-state index contributed by atoms with van der Waals surface area (Å²) in [6, 6.07) is 19.1. The molecule has 10 heteroatoms. The Morgan fingerprint density at radius 3 is 1.16 bits per heavy atom. The molecule has 0 bridgehead atoms. The summed E-state index contributed by atoms with van der Waals surface area (Å²) in [5.41, 5.74) is 2.05. The lowest BCUT2D eigenvalue weighted by atomic mass is 9.86. The van der Waals surface area contributed by atoms with Crippen LogP contribution in [0.1, 0.15) is 43.0 Å². The number of phenolic OH excluding ortho intramolecular Hbond substituents is 6. The van der Waals surface area contributed by atoms with Crippen molar-refractivity contribution in [1.29, 1.82) is 0 Å². The molecule has 0 unspecified atom stereocenters. The summed E-state index contributed by atoms with van der Waals surface area (Å²) in [5.74, 6) is -3.08. The van der Waals surface area contributed by atoms with E-state index in [9.17, 15) is 40.2 Å². The summed E-state index contributed by atoms with van der Waals surface area (Å²) in [6.45, 7) is 3.30. The van der Waals surface area contributed by atoms with Gasteiger partial charge in [0.1, 0.15) is 23.0 Å². The van der Waals surface area contributed by atoms with Gasteiger partial charge in [-0.2, -0.15) is 0 Å². The summed E-state index contributed by atoms with van der Waals surface area (Å²) in [5, 5.41) is 67.0. The van der Waals surface area contributed by atoms with E-state index in [1.807, 2.05) is 0 Å². The van der Waals surface area contributed by atoms with E-state index in [1.54, 1.807) is 74.5 Å². The van der Waals surface area contributed by atoms with Gasteiger partial charge in [0.2, 0.25) is 0 Å². The van der Waals surface area contributed by atoms with Crippen molar-refractivity contribution in [1.82, 2.24) is 0 Å². The zero-order valence-corrected chi connectivity index (χ0v) is 27.7. The van der Waals surface area contributed by atoms with Gasteiger partial charge >= 0.3 is 0 Å². The maximum absolute atomic E-state index is 13.6. The number of carbonyl (C=O) groups excluding carboxylic acids is 2. The number of aryl methyl sites for hydroxylation is 2. The molecule has 0 saturated carbocycles. The van der Waals surface area contributed by atoms with Crippen LogP contribution >= 0.6 is 0 Å². The summed E-state index contributed by atoms with van der Waals surface area (Å²) in [7, 11) is 3.05. The molecule has 0 aliphatic carbocycles. The number of ketones is 2. The number of carbonyl (C=O) groups is 2. The minimum absolute atomic E-state index is 0.0433. The molecule has 0 spiro atoms. The fourth-order valence-corrected chi connectivity index (χ4v) is 6.49. The monoisotopic (exact) mass is 674 g/mol. The molecule has 0 heterocycles. The molecule has 0 aromatic heterocycles. The molecule has 0 aliphatic rings. The average molecular weight is 675 g/mol. The lowest BCUT2D eigenvalue weighted by Gasteiger charge is -2.20. The van der Waals surface area contributed by atoms with Gasteiger partial charge in [-0.15, -0.1) is 0 Å². The van der Waals surface area contributed by atoms with Crippen molar-refractivity contribution < 1.29 is 49.7 Å². The van der Waals surface area contributed by atoms with Crippen molar-refractivity contribution in [3.63, 3.8) is 0 Å². The molecule has 6 rings (SSSR count). The van der Waals surface area contributed by atoms with Gasteiger partial charge in [-0.1, -0.05) is 24.3 Å². The lowest BCUT2D eigenvalue weighted by Crippen LogP contribution is -2.06. The van der Waals surface area contributed by atoms with Crippen LogP contribution in [0.2, 0.25) is 0 Å². The summed E-state index contributed by atoms with van der Waals surface area (Å²) >= 11 is 0. The van der Waals surface area contributed by atoms with Crippen molar-refractivity contribution in [2.45, 2.75) is 26.7 Å². The SMILES string of the molecule is COc1ccc(CC(=O)c2c(O)c(O)cc3c(O)c(-c4c(C)cc5c(C(=O)Cc6ccc(OC)cc6)c(O)c(O)cc5c4O)c(C)cc23)cc1. The third-order valence-corrected chi connectivity index (χ3v) is 8.99. The number of hydrogen-bond donors (Lipinski definition) is 6. The Morgan fingerprint density at radius 2 is 0.840 bits per heavy atom. The van der Waals surface area contributed by atoms with E-state index < -0.39 is 34.6 Å². The maximum Gasteiger partial charge on any atom is 0.171 e. The number of benzene rings is 6. The summed E-state index contributed by atoms with van der Waals surface area (Å²) < 4.78 is 10.4. The van der Waals surface area contributed by atoms with E-state index in [0.29, 0.717) is 33.8 Å². The minimum atomic E-state index is -0.630. The Labute approximate surface area is 286 Å². The first kappa shape index (κ1) is 33.5. The molecule has 10 nitrogen and oxygen atoms in total. The third-order valence-electron chi connectivity index (χ3n) is 8.99. The molecule has 0 radical (unpaired) electrons. The molecular formula is C40H34O10. The van der Waals surface area contributed by atoms with Crippen LogP contribution in [-0.2, 0) is 12.8 Å². The minimum Gasteiger partial charge on any atom is -0.507 e. The van der Waals surface area contributed by atoms with Gasteiger partial charge in [0.25, 0.3) is 0 Å². The van der Waals surface area contributed by atoms with E-state index in [1.165, 1.54) is 14.2 Å². The molecule has 6 aromatic rings. The van der Waals surface area contributed by atoms with Crippen LogP contribution in [0.15, 0.2) is 72.8 Å². The Balaban J connectivity index is 1.49. The second kappa shape index (κ2) is 12.9. The molecule has 0 amide bonds. The van der Waals surface area contributed by atoms with Crippen molar-refractivity contribution >= 4 is 33.1 Å². The van der Waals surface area contributed by atoms with Gasteiger partial charge in [0.15, 0.2) is 34.6 Å². The fraction of sp³-hybridized carbons (Fsp3) is 0.150. The number of aromatic hydroxyl groups is 6. The zero-order chi connectivity index (χ0) is 36.0. The van der Waals surface area contributed by atoms with Gasteiger partial charge in [-0.25, -0.2) is 0 Å². The lowest BCUT2D eigenvalue weighted by molar-refractivity contribution is 0.0983. The van der Waals surface area contributed by atoms with Crippen LogP contribution in [0.4, 0.5) is 0 Å². The highest BCUT2D eigenvalue weighted by atomic mass is 16.5. The standard InChI is InChI=1S/C40H34O10/c1-19-13-25-27(17-31(43)39(47)35(25)29(41)15-21-5-9-23(49-3)10-6-21)37(45)33(19)34-20(2)14-26-28(38(34)46)18-32(44)40(48)36(26)30(42)16-22-7-11-24(50-4)12-8-22/h5-14,17-18,43-48H,15-16H2,1-4H3. The van der Waals surface area contributed by atoms with Crippen LogP contribution < -0.4 is 9.47 Å². The van der Waals surface area contributed by atoms with E-state index in [0.717, 1.165) is 12.1 Å². The van der Waals surface area contributed by atoms with E-state index >= 15 is 0 Å². The first-order chi connectivity index (χ1) is 23.8. The van der Waals surface area contributed by atoms with Crippen molar-refractivity contribution in [2.75, 3.05) is 14.2 Å². The van der Waals surface area contributed by atoms with Gasteiger partial charge < -0.3 is 40.1 Å². The van der Waals surface area contributed by atoms with Crippen LogP contribution in [-0.4, -0.2) is 56.4 Å². The normalized spacial score (nSPS) is 11.2. The Bertz CT molecular complexity index is 2170. The zero-order valence-electron chi connectivity index (χ0n) is 27.7. The predicted octanol–water partition coefficient (Wildman–Crippen LogP) is 7.38. The number of hydrogen-bond acceptors (Lipinski definition) is 10. The van der Waals surface area contributed by atoms with Crippen molar-refractivity contribution in [3.8, 4) is 57.1 Å². The molecule has 6 N–H and O–H groups in total. The molecule has 6 aromatic carbocycles. The van der Waals surface area contributed by atoms with Crippen LogP contribution in [0, 0.1) is 13.8 Å². The molecular weight excluding hydrogens is 640 g/mol. The second-order valence-electron chi connectivity index (χ2n) is 12.2. The Kier molecular flexibility index (Phi) is 8.63. The van der Waals surface area contributed by atoms with Gasteiger partial charge in [-0.05, 0) is 84.6 Å². The first-order valence-electron chi connectivity index (χ1n) is 15.6. The highest BCUT2D eigenvalue weighted by Gasteiger charge is 2.28. The van der Waals surface area contributed by atoms with Crippen LogP contribution in [0.25, 0.3) is 32.7 Å². The fourth-order valence-electron chi connectivity index (χ4n) is 6.49. The number of phenols is 6. The van der Waals surface area contributed by atoms with Gasteiger partial charge in [0.05, 0.1) is 25.3 Å². The highest BCUT2D eigenvalue weighted by molar-refractivity contribution is 6.17. The molecule has 0 aliphatic heterocycles. The topological polar surface area (TPSA) is 174 Å². The smallest absolute Gasteiger partial charge is 0.171 e. The van der Waals surface area contributed by atoms with Crippen molar-refractivity contribution in [2.24, 2.45) is 0 Å². The third kappa shape index (κ3) is 5.70. The van der Waals surface area contributed by atoms with Crippen molar-refractivity contribution in [3.05, 3.63) is 106 Å². The molecule has 0 atom stereocenters. The van der Waals surface area contributed by atoms with Crippen LogP contribution in [0.5, 0.6) is 46.0 Å². The average Bonchev–Trinajstić information content (AvgIpc) is 3.09. The number of methoxy groups -OCH3 is 2. The Morgan fingerprint density at radius 1 is 0.500 bits per heavy atom.